The van der Waals surface area contributed by atoms with Gasteiger partial charge < -0.3 is 5.11 Å². The van der Waals surface area contributed by atoms with Crippen molar-refractivity contribution in [3.63, 3.8) is 0 Å². The van der Waals surface area contributed by atoms with E-state index in [4.69, 9.17) is 23.2 Å². The molecule has 0 aromatic heterocycles. The Morgan fingerprint density at radius 1 is 0.871 bits per heavy atom. The average Bonchev–Trinajstić information content (AvgIpc) is 3.12. The van der Waals surface area contributed by atoms with E-state index >= 15 is 0 Å². The molecule has 0 amide bonds. The lowest BCUT2D eigenvalue weighted by atomic mass is 10.1. The van der Waals surface area contributed by atoms with Crippen molar-refractivity contribution in [2.24, 2.45) is 0 Å². The standard InChI is InChI=1S/C25H16Cl2O4/c1-2-13(3-7-18-22(28)16-9-5-14(26)11-20(16)24(18)30)4-8-19-23(29)17-10-6-15(27)12-21(17)25(19)31/h3-12,30H,2H2,1H3/b7-3+,13-4+,19-8+. The second-order valence-electron chi connectivity index (χ2n) is 7.14. The second kappa shape index (κ2) is 8.14. The van der Waals surface area contributed by atoms with Gasteiger partial charge in [-0.25, -0.2) is 0 Å². The zero-order chi connectivity index (χ0) is 22.3. The average molecular weight is 451 g/mol. The van der Waals surface area contributed by atoms with Crippen LogP contribution in [0.2, 0.25) is 10.0 Å². The van der Waals surface area contributed by atoms with E-state index in [1.807, 2.05) is 6.92 Å². The number of carbonyl (C=O) groups excluding carboxylic acids is 3. The number of hydrogen-bond donors (Lipinski definition) is 1. The van der Waals surface area contributed by atoms with Crippen LogP contribution in [0.4, 0.5) is 0 Å². The van der Waals surface area contributed by atoms with Gasteiger partial charge in [0.05, 0.1) is 11.1 Å². The van der Waals surface area contributed by atoms with Gasteiger partial charge >= 0.3 is 0 Å². The molecule has 0 unspecified atom stereocenters. The third-order valence-corrected chi connectivity index (χ3v) is 5.75. The number of hydrogen-bond acceptors (Lipinski definition) is 4. The smallest absolute Gasteiger partial charge is 0.197 e. The Labute approximate surface area is 188 Å². The van der Waals surface area contributed by atoms with E-state index in [2.05, 4.69) is 0 Å². The molecule has 2 aromatic carbocycles. The Balaban J connectivity index is 1.62. The largest absolute Gasteiger partial charge is 0.507 e. The zero-order valence-corrected chi connectivity index (χ0v) is 17.9. The highest BCUT2D eigenvalue weighted by molar-refractivity contribution is 6.40. The lowest BCUT2D eigenvalue weighted by Crippen LogP contribution is -2.00. The Kier molecular flexibility index (Phi) is 5.52. The first-order valence-electron chi connectivity index (χ1n) is 9.57. The number of fused-ring (bicyclic) bond motifs is 2. The summed E-state index contributed by atoms with van der Waals surface area (Å²) in [6.07, 6.45) is 6.95. The molecule has 2 aromatic rings. The van der Waals surface area contributed by atoms with E-state index in [1.54, 1.807) is 42.5 Å². The number of halogens is 2. The molecule has 4 nitrogen and oxygen atoms in total. The highest BCUT2D eigenvalue weighted by Gasteiger charge is 2.32. The van der Waals surface area contributed by atoms with E-state index in [-0.39, 0.29) is 34.3 Å². The summed E-state index contributed by atoms with van der Waals surface area (Å²) >= 11 is 11.9. The van der Waals surface area contributed by atoms with Gasteiger partial charge in [-0.1, -0.05) is 42.3 Å². The topological polar surface area (TPSA) is 71.4 Å². The summed E-state index contributed by atoms with van der Waals surface area (Å²) in [6.45, 7) is 1.90. The molecule has 2 aliphatic rings. The van der Waals surface area contributed by atoms with Gasteiger partial charge in [-0.3, -0.25) is 14.4 Å². The van der Waals surface area contributed by atoms with Crippen LogP contribution in [0.3, 0.4) is 0 Å². The number of benzene rings is 2. The predicted molar refractivity (Wildman–Crippen MR) is 121 cm³/mol. The molecule has 6 heteroatoms. The Morgan fingerprint density at radius 2 is 1.45 bits per heavy atom. The van der Waals surface area contributed by atoms with Gasteiger partial charge in [0.25, 0.3) is 0 Å². The zero-order valence-electron chi connectivity index (χ0n) is 16.4. The number of Topliss-reactive ketones (excluding diaryl/α,β-unsaturated/α-hetero) is 3. The molecule has 31 heavy (non-hydrogen) atoms. The molecule has 0 saturated carbocycles. The normalized spacial score (nSPS) is 17.3. The van der Waals surface area contributed by atoms with Gasteiger partial charge in [0.15, 0.2) is 17.3 Å². The summed E-state index contributed by atoms with van der Waals surface area (Å²) < 4.78 is 0. The quantitative estimate of drug-likeness (QED) is 0.334. The molecule has 1 N–H and O–H groups in total. The summed E-state index contributed by atoms with van der Waals surface area (Å²) in [5, 5.41) is 11.3. The van der Waals surface area contributed by atoms with Gasteiger partial charge in [-0.2, -0.15) is 0 Å². The van der Waals surface area contributed by atoms with Crippen LogP contribution in [0.25, 0.3) is 5.76 Å². The van der Waals surface area contributed by atoms with Gasteiger partial charge in [-0.15, -0.1) is 0 Å². The van der Waals surface area contributed by atoms with E-state index in [0.717, 1.165) is 5.57 Å². The maximum absolute atomic E-state index is 12.6. The molecule has 0 spiro atoms. The van der Waals surface area contributed by atoms with E-state index in [1.165, 1.54) is 18.2 Å². The summed E-state index contributed by atoms with van der Waals surface area (Å²) in [6, 6.07) is 9.35. The van der Waals surface area contributed by atoms with Crippen molar-refractivity contribution in [2.75, 3.05) is 0 Å². The summed E-state index contributed by atoms with van der Waals surface area (Å²) in [7, 11) is 0. The van der Waals surface area contributed by atoms with Gasteiger partial charge in [0.1, 0.15) is 5.76 Å². The first kappa shape index (κ1) is 21.0. The third-order valence-electron chi connectivity index (χ3n) is 5.28. The highest BCUT2D eigenvalue weighted by Crippen LogP contribution is 2.34. The number of carbonyl (C=O) groups is 3. The SMILES string of the molecule is CCC(/C=C/C1=C(O)c2cc(Cl)ccc2C1=O)=C\C=C1/C(=O)c2ccc(Cl)cc2C1=O. The number of ketones is 3. The Bertz CT molecular complexity index is 1290. The molecule has 0 fully saturated rings. The van der Waals surface area contributed by atoms with Crippen LogP contribution in [0, 0.1) is 0 Å². The van der Waals surface area contributed by atoms with Crippen molar-refractivity contribution in [2.45, 2.75) is 13.3 Å². The Morgan fingerprint density at radius 3 is 2.10 bits per heavy atom. The van der Waals surface area contributed by atoms with Crippen molar-refractivity contribution in [3.8, 4) is 0 Å². The fraction of sp³-hybridized carbons (Fsp3) is 0.0800. The summed E-state index contributed by atoms with van der Waals surface area (Å²) in [5.41, 5.74) is 2.44. The first-order chi connectivity index (χ1) is 14.8. The minimum atomic E-state index is -0.364. The van der Waals surface area contributed by atoms with Crippen molar-refractivity contribution >= 4 is 46.3 Å². The van der Waals surface area contributed by atoms with Crippen LogP contribution in [0.15, 0.2) is 77.4 Å². The number of allylic oxidation sites excluding steroid dienone is 7. The van der Waals surface area contributed by atoms with Crippen LogP contribution in [-0.4, -0.2) is 22.5 Å². The molecular weight excluding hydrogens is 435 g/mol. The molecular formula is C25H16Cl2O4. The lowest BCUT2D eigenvalue weighted by Gasteiger charge is -1.98. The lowest BCUT2D eigenvalue weighted by molar-refractivity contribution is 0.0986. The second-order valence-corrected chi connectivity index (χ2v) is 8.01. The Hall–Kier alpha value is -3.21. The van der Waals surface area contributed by atoms with Crippen LogP contribution in [-0.2, 0) is 0 Å². The van der Waals surface area contributed by atoms with E-state index < -0.39 is 0 Å². The number of aliphatic hydroxyl groups excluding tert-OH is 1. The monoisotopic (exact) mass is 450 g/mol. The molecule has 0 atom stereocenters. The van der Waals surface area contributed by atoms with E-state index in [9.17, 15) is 19.5 Å². The predicted octanol–water partition coefficient (Wildman–Crippen LogP) is 6.36. The summed E-state index contributed by atoms with van der Waals surface area (Å²) in [4.78, 5) is 37.7. The molecule has 0 radical (unpaired) electrons. The minimum Gasteiger partial charge on any atom is -0.507 e. The molecule has 154 valence electrons. The highest BCUT2D eigenvalue weighted by atomic mass is 35.5. The van der Waals surface area contributed by atoms with Crippen molar-refractivity contribution in [1.82, 2.24) is 0 Å². The van der Waals surface area contributed by atoms with E-state index in [0.29, 0.717) is 38.7 Å². The molecule has 0 bridgehead atoms. The van der Waals surface area contributed by atoms with Gasteiger partial charge in [0.2, 0.25) is 0 Å². The third kappa shape index (κ3) is 3.69. The van der Waals surface area contributed by atoms with Crippen molar-refractivity contribution < 1.29 is 19.5 Å². The molecule has 0 heterocycles. The molecule has 2 aliphatic carbocycles. The fourth-order valence-electron chi connectivity index (χ4n) is 3.58. The molecule has 0 aliphatic heterocycles. The number of aliphatic hydroxyl groups is 1. The van der Waals surface area contributed by atoms with Gasteiger partial charge in [0, 0.05) is 32.3 Å². The molecule has 4 rings (SSSR count). The van der Waals surface area contributed by atoms with Crippen LogP contribution >= 0.6 is 23.2 Å². The fourth-order valence-corrected chi connectivity index (χ4v) is 3.93. The maximum Gasteiger partial charge on any atom is 0.197 e. The molecule has 0 saturated heterocycles. The minimum absolute atomic E-state index is 0.0673. The van der Waals surface area contributed by atoms with Crippen LogP contribution < -0.4 is 0 Å². The number of rotatable bonds is 4. The van der Waals surface area contributed by atoms with Crippen LogP contribution in [0.5, 0.6) is 0 Å². The summed E-state index contributed by atoms with van der Waals surface area (Å²) in [5.74, 6) is -1.12. The van der Waals surface area contributed by atoms with Gasteiger partial charge in [-0.05, 0) is 60.5 Å². The maximum atomic E-state index is 12.6. The van der Waals surface area contributed by atoms with Crippen molar-refractivity contribution in [3.05, 3.63) is 110 Å². The first-order valence-corrected chi connectivity index (χ1v) is 10.3. The van der Waals surface area contributed by atoms with Crippen LogP contribution in [0.1, 0.15) is 50.0 Å². The van der Waals surface area contributed by atoms with Crippen molar-refractivity contribution in [1.29, 1.82) is 0 Å².